The van der Waals surface area contributed by atoms with Crippen molar-refractivity contribution in [3.8, 4) is 17.6 Å². The maximum absolute atomic E-state index is 8.88. The third kappa shape index (κ3) is 2.61. The van der Waals surface area contributed by atoms with Gasteiger partial charge in [0, 0.05) is 18.3 Å². The Hall–Kier alpha value is -2.48. The summed E-state index contributed by atoms with van der Waals surface area (Å²) in [5, 5.41) is 13.0. The van der Waals surface area contributed by atoms with Crippen molar-refractivity contribution in [2.24, 2.45) is 0 Å². The summed E-state index contributed by atoms with van der Waals surface area (Å²) in [5.41, 5.74) is 6.50. The molecule has 2 rings (SSSR count). The van der Waals surface area contributed by atoms with Crippen LogP contribution in [0.25, 0.3) is 0 Å². The molecule has 0 radical (unpaired) electrons. The second kappa shape index (κ2) is 5.23. The Morgan fingerprint density at radius 3 is 3.00 bits per heavy atom. The van der Waals surface area contributed by atoms with E-state index in [2.05, 4.69) is 12.0 Å². The number of aromatic nitrogens is 2. The fourth-order valence-electron chi connectivity index (χ4n) is 1.58. The third-order valence-electron chi connectivity index (χ3n) is 2.44. The number of benzene rings is 1. The van der Waals surface area contributed by atoms with Crippen LogP contribution in [-0.2, 0) is 6.54 Å². The molecule has 18 heavy (non-hydrogen) atoms. The van der Waals surface area contributed by atoms with Gasteiger partial charge >= 0.3 is 0 Å². The lowest BCUT2D eigenvalue weighted by Crippen LogP contribution is -1.95. The van der Waals surface area contributed by atoms with Crippen LogP contribution in [0.4, 0.5) is 5.69 Å². The first-order chi connectivity index (χ1) is 8.72. The Kier molecular flexibility index (Phi) is 3.49. The van der Waals surface area contributed by atoms with Gasteiger partial charge in [-0.15, -0.1) is 0 Å². The molecular formula is C13H14N4O. The van der Waals surface area contributed by atoms with E-state index in [9.17, 15) is 0 Å². The van der Waals surface area contributed by atoms with Gasteiger partial charge in [0.2, 0.25) is 0 Å². The Morgan fingerprint density at radius 2 is 2.28 bits per heavy atom. The maximum Gasteiger partial charge on any atom is 0.165 e. The normalized spacial score (nSPS) is 10.0. The molecule has 1 aromatic heterocycles. The molecule has 0 aliphatic carbocycles. The molecule has 0 saturated heterocycles. The highest BCUT2D eigenvalue weighted by Crippen LogP contribution is 2.24. The zero-order valence-corrected chi connectivity index (χ0v) is 10.1. The number of nitrogens with two attached hydrogens (primary N) is 1. The van der Waals surface area contributed by atoms with E-state index in [4.69, 9.17) is 15.7 Å². The molecule has 92 valence electrons. The summed E-state index contributed by atoms with van der Waals surface area (Å²) in [7, 11) is 0. The SMILES string of the molecule is CCCn1cc(Oc2ccc(N)c(C#N)c2)cn1. The Labute approximate surface area is 105 Å². The molecule has 0 fully saturated rings. The van der Waals surface area contributed by atoms with Gasteiger partial charge in [-0.2, -0.15) is 10.4 Å². The average molecular weight is 242 g/mol. The van der Waals surface area contributed by atoms with E-state index in [-0.39, 0.29) is 0 Å². The molecule has 5 heteroatoms. The van der Waals surface area contributed by atoms with Crippen LogP contribution in [0, 0.1) is 11.3 Å². The number of nitrogens with zero attached hydrogens (tertiary/aromatic N) is 3. The number of nitrogen functional groups attached to an aromatic ring is 1. The fraction of sp³-hybridized carbons (Fsp3) is 0.231. The smallest absolute Gasteiger partial charge is 0.165 e. The second-order valence-corrected chi connectivity index (χ2v) is 3.90. The van der Waals surface area contributed by atoms with Gasteiger partial charge in [0.05, 0.1) is 18.0 Å². The van der Waals surface area contributed by atoms with E-state index in [1.807, 2.05) is 16.9 Å². The fourth-order valence-corrected chi connectivity index (χ4v) is 1.58. The molecule has 0 spiro atoms. The van der Waals surface area contributed by atoms with Gasteiger partial charge < -0.3 is 10.5 Å². The average Bonchev–Trinajstić information content (AvgIpc) is 2.80. The minimum absolute atomic E-state index is 0.411. The first-order valence-electron chi connectivity index (χ1n) is 5.73. The molecule has 0 atom stereocenters. The highest BCUT2D eigenvalue weighted by molar-refractivity contribution is 5.56. The van der Waals surface area contributed by atoms with Crippen LogP contribution < -0.4 is 10.5 Å². The summed E-state index contributed by atoms with van der Waals surface area (Å²) >= 11 is 0. The van der Waals surface area contributed by atoms with Crippen molar-refractivity contribution in [1.82, 2.24) is 9.78 Å². The Morgan fingerprint density at radius 1 is 1.44 bits per heavy atom. The molecule has 1 heterocycles. The van der Waals surface area contributed by atoms with Gasteiger partial charge in [0.15, 0.2) is 5.75 Å². The lowest BCUT2D eigenvalue weighted by Gasteiger charge is -2.04. The van der Waals surface area contributed by atoms with Gasteiger partial charge in [-0.1, -0.05) is 6.92 Å². The monoisotopic (exact) mass is 242 g/mol. The molecule has 2 N–H and O–H groups in total. The van der Waals surface area contributed by atoms with E-state index in [0.29, 0.717) is 22.7 Å². The number of hydrogen-bond acceptors (Lipinski definition) is 4. The zero-order valence-electron chi connectivity index (χ0n) is 10.1. The van der Waals surface area contributed by atoms with Crippen LogP contribution in [-0.4, -0.2) is 9.78 Å². The molecule has 0 aliphatic heterocycles. The number of rotatable bonds is 4. The van der Waals surface area contributed by atoms with Crippen molar-refractivity contribution in [1.29, 1.82) is 5.26 Å². The van der Waals surface area contributed by atoms with E-state index < -0.39 is 0 Å². The van der Waals surface area contributed by atoms with Crippen LogP contribution in [0.15, 0.2) is 30.6 Å². The predicted octanol–water partition coefficient (Wildman–Crippen LogP) is 2.54. The molecule has 0 aliphatic rings. The van der Waals surface area contributed by atoms with E-state index >= 15 is 0 Å². The van der Waals surface area contributed by atoms with E-state index in [0.717, 1.165) is 13.0 Å². The van der Waals surface area contributed by atoms with Gasteiger partial charge in [-0.25, -0.2) is 0 Å². The van der Waals surface area contributed by atoms with Crippen LogP contribution >= 0.6 is 0 Å². The standard InChI is InChI=1S/C13H14N4O/c1-2-5-17-9-12(8-16-17)18-11-3-4-13(15)10(6-11)7-14/h3-4,6,8-9H,2,5,15H2,1H3. The number of hydrogen-bond donors (Lipinski definition) is 1. The molecule has 5 nitrogen and oxygen atoms in total. The van der Waals surface area contributed by atoms with Gasteiger partial charge in [0.25, 0.3) is 0 Å². The van der Waals surface area contributed by atoms with Crippen LogP contribution in [0.3, 0.4) is 0 Å². The third-order valence-corrected chi connectivity index (χ3v) is 2.44. The minimum Gasteiger partial charge on any atom is -0.454 e. The lowest BCUT2D eigenvalue weighted by atomic mass is 10.2. The van der Waals surface area contributed by atoms with Crippen molar-refractivity contribution in [3.05, 3.63) is 36.2 Å². The predicted molar refractivity (Wildman–Crippen MR) is 68.2 cm³/mol. The van der Waals surface area contributed by atoms with Crippen molar-refractivity contribution < 1.29 is 4.74 Å². The van der Waals surface area contributed by atoms with Crippen LogP contribution in [0.1, 0.15) is 18.9 Å². The quantitative estimate of drug-likeness (QED) is 0.836. The maximum atomic E-state index is 8.88. The first kappa shape index (κ1) is 12.0. The minimum atomic E-state index is 0.411. The van der Waals surface area contributed by atoms with E-state index in [1.54, 1.807) is 24.4 Å². The van der Waals surface area contributed by atoms with Crippen molar-refractivity contribution >= 4 is 5.69 Å². The number of aryl methyl sites for hydroxylation is 1. The van der Waals surface area contributed by atoms with Gasteiger partial charge in [-0.3, -0.25) is 4.68 Å². The van der Waals surface area contributed by atoms with Crippen molar-refractivity contribution in [2.75, 3.05) is 5.73 Å². The van der Waals surface area contributed by atoms with Crippen molar-refractivity contribution in [3.63, 3.8) is 0 Å². The Bertz CT molecular complexity index is 583. The summed E-state index contributed by atoms with van der Waals surface area (Å²) in [6.07, 6.45) is 4.49. The van der Waals surface area contributed by atoms with E-state index in [1.165, 1.54) is 0 Å². The number of nitriles is 1. The summed E-state index contributed by atoms with van der Waals surface area (Å²) in [6.45, 7) is 2.94. The molecule has 0 unspecified atom stereocenters. The van der Waals surface area contributed by atoms with Gasteiger partial charge in [-0.05, 0) is 18.6 Å². The van der Waals surface area contributed by atoms with Crippen LogP contribution in [0.2, 0.25) is 0 Å². The molecule has 2 aromatic rings. The highest BCUT2D eigenvalue weighted by atomic mass is 16.5. The number of anilines is 1. The van der Waals surface area contributed by atoms with Crippen LogP contribution in [0.5, 0.6) is 11.5 Å². The molecular weight excluding hydrogens is 228 g/mol. The summed E-state index contributed by atoms with van der Waals surface area (Å²) in [5.74, 6) is 1.23. The molecule has 0 amide bonds. The lowest BCUT2D eigenvalue weighted by molar-refractivity contribution is 0.480. The van der Waals surface area contributed by atoms with Gasteiger partial charge in [0.1, 0.15) is 11.8 Å². The largest absolute Gasteiger partial charge is 0.454 e. The molecule has 0 saturated carbocycles. The first-order valence-corrected chi connectivity index (χ1v) is 5.73. The Balaban J connectivity index is 2.15. The number of ether oxygens (including phenoxy) is 1. The molecule has 1 aromatic carbocycles. The van der Waals surface area contributed by atoms with Crippen molar-refractivity contribution in [2.45, 2.75) is 19.9 Å². The summed E-state index contributed by atoms with van der Waals surface area (Å²) in [4.78, 5) is 0. The summed E-state index contributed by atoms with van der Waals surface area (Å²) in [6, 6.07) is 7.03. The topological polar surface area (TPSA) is 76.9 Å². The highest BCUT2D eigenvalue weighted by Gasteiger charge is 2.04. The molecule has 0 bridgehead atoms. The zero-order chi connectivity index (χ0) is 13.0. The second-order valence-electron chi connectivity index (χ2n) is 3.90. The summed E-state index contributed by atoms with van der Waals surface area (Å²) < 4.78 is 7.43.